The van der Waals surface area contributed by atoms with Crippen LogP contribution in [0.2, 0.25) is 0 Å². The first-order chi connectivity index (χ1) is 14.2. The summed E-state index contributed by atoms with van der Waals surface area (Å²) in [6, 6.07) is 0. The van der Waals surface area contributed by atoms with Gasteiger partial charge in [-0.2, -0.15) is 0 Å². The summed E-state index contributed by atoms with van der Waals surface area (Å²) in [4.78, 5) is 24.3. The summed E-state index contributed by atoms with van der Waals surface area (Å²) >= 11 is 0. The number of carbonyl (C=O) groups excluding carboxylic acids is 1. The molecule has 2 unspecified atom stereocenters. The van der Waals surface area contributed by atoms with E-state index in [0.717, 1.165) is 77.0 Å². The van der Waals surface area contributed by atoms with Gasteiger partial charge in [-0.3, -0.25) is 9.79 Å². The summed E-state index contributed by atoms with van der Waals surface area (Å²) in [6.07, 6.45) is 6.77. The third kappa shape index (κ3) is 6.85. The van der Waals surface area contributed by atoms with Crippen LogP contribution in [0.1, 0.15) is 52.4 Å². The number of hydrogen-bond acceptors (Lipinski definition) is 4. The minimum atomic E-state index is -0.202. The lowest BCUT2D eigenvalue weighted by atomic mass is 10.0. The van der Waals surface area contributed by atoms with Crippen LogP contribution in [0.5, 0.6) is 0 Å². The van der Waals surface area contributed by atoms with Gasteiger partial charge in [0.05, 0.1) is 0 Å². The average molecular weight is 408 g/mol. The van der Waals surface area contributed by atoms with Crippen molar-refractivity contribution in [2.75, 3.05) is 65.5 Å². The van der Waals surface area contributed by atoms with E-state index in [1.165, 1.54) is 38.9 Å². The summed E-state index contributed by atoms with van der Waals surface area (Å²) < 4.78 is 5.56. The van der Waals surface area contributed by atoms with E-state index in [2.05, 4.69) is 29.0 Å². The highest BCUT2D eigenvalue weighted by molar-refractivity contribution is 5.82. The first-order valence-corrected chi connectivity index (χ1v) is 11.8. The van der Waals surface area contributed by atoms with Gasteiger partial charge in [0.15, 0.2) is 5.96 Å². The molecular formula is C22H41N5O2. The van der Waals surface area contributed by atoms with Crippen LogP contribution in [0, 0.1) is 5.92 Å². The molecule has 0 spiro atoms. The smallest absolute Gasteiger partial charge is 0.251 e. The van der Waals surface area contributed by atoms with Crippen molar-refractivity contribution in [1.29, 1.82) is 0 Å². The Morgan fingerprint density at radius 2 is 1.86 bits per heavy atom. The molecule has 1 N–H and O–H groups in total. The zero-order valence-corrected chi connectivity index (χ0v) is 18.6. The normalized spacial score (nSPS) is 26.8. The molecule has 1 amide bonds. The number of ether oxygens (including phenoxy) is 1. The first kappa shape index (κ1) is 22.3. The minimum absolute atomic E-state index is 0.177. The zero-order chi connectivity index (χ0) is 20.5. The number of hydrogen-bond donors (Lipinski definition) is 1. The molecule has 3 rings (SSSR count). The van der Waals surface area contributed by atoms with Gasteiger partial charge >= 0.3 is 0 Å². The van der Waals surface area contributed by atoms with Crippen LogP contribution in [0.25, 0.3) is 0 Å². The molecule has 3 heterocycles. The van der Waals surface area contributed by atoms with E-state index in [0.29, 0.717) is 0 Å². The van der Waals surface area contributed by atoms with Gasteiger partial charge in [0.2, 0.25) is 0 Å². The Bertz CT molecular complexity index is 527. The van der Waals surface area contributed by atoms with Crippen LogP contribution in [0.15, 0.2) is 4.99 Å². The highest BCUT2D eigenvalue weighted by Gasteiger charge is 2.30. The average Bonchev–Trinajstić information content (AvgIpc) is 3.27. The fraction of sp³-hybridized carbons (Fsp3) is 0.909. The van der Waals surface area contributed by atoms with Crippen LogP contribution in [-0.4, -0.2) is 98.2 Å². The summed E-state index contributed by atoms with van der Waals surface area (Å²) in [6.45, 7) is 13.9. The van der Waals surface area contributed by atoms with E-state index >= 15 is 0 Å². The van der Waals surface area contributed by atoms with Gasteiger partial charge in [-0.25, -0.2) is 0 Å². The van der Waals surface area contributed by atoms with Gasteiger partial charge in [0.1, 0.15) is 6.10 Å². The van der Waals surface area contributed by atoms with E-state index < -0.39 is 0 Å². The number of likely N-dealkylation sites (tertiary alicyclic amines) is 1. The predicted octanol–water partition coefficient (Wildman–Crippen LogP) is 1.79. The van der Waals surface area contributed by atoms with Crippen molar-refractivity contribution < 1.29 is 9.53 Å². The fourth-order valence-corrected chi connectivity index (χ4v) is 4.66. The number of aliphatic imine (C=N–C) groups is 1. The number of carbonyl (C=O) groups is 1. The Kier molecular flexibility index (Phi) is 9.05. The largest absolute Gasteiger partial charge is 0.368 e. The van der Waals surface area contributed by atoms with Crippen LogP contribution < -0.4 is 5.32 Å². The molecule has 2 atom stereocenters. The third-order valence-corrected chi connectivity index (χ3v) is 6.32. The second-order valence-electron chi connectivity index (χ2n) is 8.80. The fourth-order valence-electron chi connectivity index (χ4n) is 4.66. The summed E-state index contributed by atoms with van der Waals surface area (Å²) in [5.41, 5.74) is 0. The van der Waals surface area contributed by atoms with Crippen LogP contribution in [0.4, 0.5) is 0 Å². The lowest BCUT2D eigenvalue weighted by molar-refractivity contribution is -0.142. The Labute approximate surface area is 176 Å². The molecule has 7 heteroatoms. The summed E-state index contributed by atoms with van der Waals surface area (Å²) in [5.74, 6) is 2.03. The van der Waals surface area contributed by atoms with Crippen molar-refractivity contribution in [2.45, 2.75) is 58.5 Å². The number of unbranched alkanes of at least 4 members (excludes halogenated alkanes) is 1. The van der Waals surface area contributed by atoms with Crippen molar-refractivity contribution in [2.24, 2.45) is 10.9 Å². The van der Waals surface area contributed by atoms with Crippen molar-refractivity contribution in [3.8, 4) is 0 Å². The molecule has 29 heavy (non-hydrogen) atoms. The molecule has 166 valence electrons. The van der Waals surface area contributed by atoms with Crippen molar-refractivity contribution in [3.05, 3.63) is 0 Å². The number of nitrogens with one attached hydrogen (secondary N) is 1. The molecule has 7 nitrogen and oxygen atoms in total. The number of piperazine rings is 1. The predicted molar refractivity (Wildman–Crippen MR) is 117 cm³/mol. The minimum Gasteiger partial charge on any atom is -0.368 e. The van der Waals surface area contributed by atoms with E-state index in [-0.39, 0.29) is 12.0 Å². The first-order valence-electron chi connectivity index (χ1n) is 11.8. The molecule has 0 aromatic heterocycles. The van der Waals surface area contributed by atoms with Gasteiger partial charge in [0, 0.05) is 52.4 Å². The summed E-state index contributed by atoms with van der Waals surface area (Å²) in [5, 5.41) is 3.43. The van der Waals surface area contributed by atoms with E-state index in [1.54, 1.807) is 0 Å². The molecule has 3 aliphatic heterocycles. The number of nitrogens with zero attached hydrogens (tertiary/aromatic N) is 4. The highest BCUT2D eigenvalue weighted by atomic mass is 16.5. The van der Waals surface area contributed by atoms with Gasteiger partial charge in [-0.15, -0.1) is 0 Å². The second-order valence-corrected chi connectivity index (χ2v) is 8.80. The molecule has 0 radical (unpaired) electrons. The highest BCUT2D eigenvalue weighted by Crippen LogP contribution is 2.17. The number of piperidine rings is 1. The SMILES string of the molecule is CCNC(=NCCCCN1CCCC(C)C1)N1CCN(C(=O)C2CCCO2)CC1. The molecule has 3 aliphatic rings. The van der Waals surface area contributed by atoms with Gasteiger partial charge in [0.25, 0.3) is 5.91 Å². The van der Waals surface area contributed by atoms with Crippen LogP contribution in [0.3, 0.4) is 0 Å². The van der Waals surface area contributed by atoms with Gasteiger partial charge < -0.3 is 24.8 Å². The van der Waals surface area contributed by atoms with Crippen LogP contribution >= 0.6 is 0 Å². The Balaban J connectivity index is 1.38. The quantitative estimate of drug-likeness (QED) is 0.396. The number of guanidine groups is 1. The molecule has 3 fully saturated rings. The van der Waals surface area contributed by atoms with Crippen molar-refractivity contribution in [3.63, 3.8) is 0 Å². The topological polar surface area (TPSA) is 60.4 Å². The van der Waals surface area contributed by atoms with E-state index in [1.807, 2.05) is 4.90 Å². The Morgan fingerprint density at radius 1 is 1.07 bits per heavy atom. The lowest BCUT2D eigenvalue weighted by Gasteiger charge is -2.37. The van der Waals surface area contributed by atoms with Gasteiger partial charge in [-0.1, -0.05) is 6.92 Å². The molecule has 0 aliphatic carbocycles. The van der Waals surface area contributed by atoms with Gasteiger partial charge in [-0.05, 0) is 64.5 Å². The molecular weight excluding hydrogens is 366 g/mol. The maximum Gasteiger partial charge on any atom is 0.251 e. The third-order valence-electron chi connectivity index (χ3n) is 6.32. The monoisotopic (exact) mass is 407 g/mol. The zero-order valence-electron chi connectivity index (χ0n) is 18.6. The molecule has 0 saturated carbocycles. The van der Waals surface area contributed by atoms with Crippen LogP contribution in [-0.2, 0) is 9.53 Å². The standard InChI is InChI=1S/C22H41N5O2/c1-3-23-22(24-10-4-5-11-25-12-6-8-19(2)18-25)27-15-13-26(14-16-27)21(28)20-9-7-17-29-20/h19-20H,3-18H2,1-2H3,(H,23,24). The Hall–Kier alpha value is -1.34. The molecule has 3 saturated heterocycles. The second kappa shape index (κ2) is 11.7. The maximum absolute atomic E-state index is 12.5. The number of amides is 1. The molecule has 0 aromatic rings. The van der Waals surface area contributed by atoms with Crippen molar-refractivity contribution >= 4 is 11.9 Å². The maximum atomic E-state index is 12.5. The van der Waals surface area contributed by atoms with E-state index in [9.17, 15) is 4.79 Å². The summed E-state index contributed by atoms with van der Waals surface area (Å²) in [7, 11) is 0. The Morgan fingerprint density at radius 3 is 2.55 bits per heavy atom. The molecule has 0 aromatic carbocycles. The lowest BCUT2D eigenvalue weighted by Crippen LogP contribution is -2.55. The van der Waals surface area contributed by atoms with Crippen molar-refractivity contribution in [1.82, 2.24) is 20.0 Å². The number of rotatable bonds is 7. The van der Waals surface area contributed by atoms with E-state index in [4.69, 9.17) is 9.73 Å². The molecule has 0 bridgehead atoms.